The van der Waals surface area contributed by atoms with Gasteiger partial charge in [-0.2, -0.15) is 0 Å². The van der Waals surface area contributed by atoms with Crippen LogP contribution >= 0.6 is 11.3 Å². The van der Waals surface area contributed by atoms with Gasteiger partial charge in [0.25, 0.3) is 0 Å². The Morgan fingerprint density at radius 2 is 2.00 bits per heavy atom. The highest BCUT2D eigenvalue weighted by Crippen LogP contribution is 2.34. The number of carboxylic acids is 1. The van der Waals surface area contributed by atoms with Crippen molar-refractivity contribution in [3.05, 3.63) is 64.7 Å². The van der Waals surface area contributed by atoms with Crippen molar-refractivity contribution < 1.29 is 19.4 Å². The Morgan fingerprint density at radius 1 is 1.20 bits per heavy atom. The number of rotatable bonds is 6. The van der Waals surface area contributed by atoms with Gasteiger partial charge in [-0.3, -0.25) is 0 Å². The third-order valence-electron chi connectivity index (χ3n) is 3.78. The molecule has 0 aliphatic carbocycles. The van der Waals surface area contributed by atoms with E-state index in [2.05, 4.69) is 4.98 Å². The lowest BCUT2D eigenvalue weighted by molar-refractivity contribution is 0.0691. The van der Waals surface area contributed by atoms with Crippen LogP contribution in [0, 0.1) is 6.92 Å². The molecule has 0 amide bonds. The summed E-state index contributed by atoms with van der Waals surface area (Å²) in [6.45, 7) is 2.49. The van der Waals surface area contributed by atoms with Gasteiger partial charge in [-0.25, -0.2) is 9.78 Å². The number of aromatic carboxylic acids is 1. The summed E-state index contributed by atoms with van der Waals surface area (Å²) in [6, 6.07) is 13.5. The van der Waals surface area contributed by atoms with E-state index in [-0.39, 0.29) is 5.69 Å². The highest BCUT2D eigenvalue weighted by molar-refractivity contribution is 7.13. The van der Waals surface area contributed by atoms with Crippen LogP contribution in [0.2, 0.25) is 0 Å². The molecule has 3 rings (SSSR count). The van der Waals surface area contributed by atoms with Gasteiger partial charge in [0.1, 0.15) is 11.6 Å². The van der Waals surface area contributed by atoms with Crippen LogP contribution in [-0.2, 0) is 6.61 Å². The summed E-state index contributed by atoms with van der Waals surface area (Å²) in [6.07, 6.45) is 0. The molecule has 0 atom stereocenters. The van der Waals surface area contributed by atoms with Crippen LogP contribution in [0.25, 0.3) is 10.6 Å². The van der Waals surface area contributed by atoms with Gasteiger partial charge >= 0.3 is 5.97 Å². The third-order valence-corrected chi connectivity index (χ3v) is 4.67. The largest absolute Gasteiger partial charge is 0.493 e. The monoisotopic (exact) mass is 355 g/mol. The molecular formula is C19H17NO4S. The predicted octanol–water partition coefficient (Wildman–Crippen LogP) is 4.40. The number of thiazole rings is 1. The molecular weight excluding hydrogens is 338 g/mol. The van der Waals surface area contributed by atoms with Crippen LogP contribution < -0.4 is 9.47 Å². The van der Waals surface area contributed by atoms with Gasteiger partial charge < -0.3 is 14.6 Å². The highest BCUT2D eigenvalue weighted by atomic mass is 32.1. The Labute approximate surface area is 149 Å². The fourth-order valence-electron chi connectivity index (χ4n) is 2.35. The number of hydrogen-bond donors (Lipinski definition) is 1. The zero-order valence-electron chi connectivity index (χ0n) is 13.9. The van der Waals surface area contributed by atoms with E-state index in [0.717, 1.165) is 11.1 Å². The van der Waals surface area contributed by atoms with Crippen LogP contribution in [0.3, 0.4) is 0 Å². The number of carbonyl (C=O) groups is 1. The number of methoxy groups -OCH3 is 1. The Kier molecular flexibility index (Phi) is 5.00. The summed E-state index contributed by atoms with van der Waals surface area (Å²) in [4.78, 5) is 15.1. The maximum absolute atomic E-state index is 11.0. The molecule has 1 aromatic heterocycles. The minimum atomic E-state index is -1.03. The van der Waals surface area contributed by atoms with Crippen molar-refractivity contribution in [3.63, 3.8) is 0 Å². The number of benzene rings is 2. The number of ether oxygens (including phenoxy) is 2. The van der Waals surface area contributed by atoms with Crippen molar-refractivity contribution in [2.75, 3.05) is 7.11 Å². The number of aryl methyl sites for hydroxylation is 1. The third kappa shape index (κ3) is 3.80. The maximum atomic E-state index is 11.0. The standard InChI is InChI=1S/C19H17NO4S/c1-12-5-3-4-6-14(12)10-24-16-8-7-13(9-17(16)23-2)18-20-15(11-25-18)19(21)22/h3-9,11H,10H2,1-2H3,(H,21,22). The molecule has 1 heterocycles. The Bertz CT molecular complexity index is 904. The number of hydrogen-bond acceptors (Lipinski definition) is 5. The fraction of sp³-hybridized carbons (Fsp3) is 0.158. The topological polar surface area (TPSA) is 68.7 Å². The minimum Gasteiger partial charge on any atom is -0.493 e. The van der Waals surface area contributed by atoms with Crippen molar-refractivity contribution >= 4 is 17.3 Å². The second kappa shape index (κ2) is 7.36. The summed E-state index contributed by atoms with van der Waals surface area (Å²) >= 11 is 1.28. The van der Waals surface area contributed by atoms with Crippen molar-refractivity contribution in [2.24, 2.45) is 0 Å². The van der Waals surface area contributed by atoms with Gasteiger partial charge in [-0.15, -0.1) is 11.3 Å². The number of aromatic nitrogens is 1. The first-order valence-corrected chi connectivity index (χ1v) is 8.51. The van der Waals surface area contributed by atoms with Gasteiger partial charge in [-0.05, 0) is 36.2 Å². The quantitative estimate of drug-likeness (QED) is 0.709. The molecule has 2 aromatic carbocycles. The molecule has 0 radical (unpaired) electrons. The lowest BCUT2D eigenvalue weighted by Gasteiger charge is -2.12. The van der Waals surface area contributed by atoms with Crippen molar-refractivity contribution in [1.29, 1.82) is 0 Å². The fourth-order valence-corrected chi connectivity index (χ4v) is 3.14. The van der Waals surface area contributed by atoms with E-state index in [0.29, 0.717) is 23.1 Å². The van der Waals surface area contributed by atoms with E-state index in [1.54, 1.807) is 13.2 Å². The summed E-state index contributed by atoms with van der Waals surface area (Å²) < 4.78 is 11.3. The molecule has 1 N–H and O–H groups in total. The SMILES string of the molecule is COc1cc(-c2nc(C(=O)O)cs2)ccc1OCc1ccccc1C. The molecule has 0 saturated carbocycles. The molecule has 5 nitrogen and oxygen atoms in total. The highest BCUT2D eigenvalue weighted by Gasteiger charge is 2.13. The van der Waals surface area contributed by atoms with Crippen molar-refractivity contribution in [2.45, 2.75) is 13.5 Å². The van der Waals surface area contributed by atoms with E-state index in [1.807, 2.05) is 43.3 Å². The maximum Gasteiger partial charge on any atom is 0.355 e. The Balaban J connectivity index is 1.81. The van der Waals surface area contributed by atoms with Crippen LogP contribution in [0.5, 0.6) is 11.5 Å². The van der Waals surface area contributed by atoms with E-state index in [4.69, 9.17) is 14.6 Å². The molecule has 6 heteroatoms. The molecule has 0 unspecified atom stereocenters. The molecule has 0 saturated heterocycles. The van der Waals surface area contributed by atoms with Crippen LogP contribution in [0.4, 0.5) is 0 Å². The second-order valence-electron chi connectivity index (χ2n) is 5.42. The average molecular weight is 355 g/mol. The zero-order valence-corrected chi connectivity index (χ0v) is 14.7. The van der Waals surface area contributed by atoms with Crippen molar-refractivity contribution in [3.8, 4) is 22.1 Å². The Morgan fingerprint density at radius 3 is 2.68 bits per heavy atom. The molecule has 0 fully saturated rings. The molecule has 3 aromatic rings. The molecule has 0 spiro atoms. The second-order valence-corrected chi connectivity index (χ2v) is 6.28. The van der Waals surface area contributed by atoms with Gasteiger partial charge in [0, 0.05) is 10.9 Å². The first kappa shape index (κ1) is 17.0. The minimum absolute atomic E-state index is 0.0406. The summed E-state index contributed by atoms with van der Waals surface area (Å²) in [5.41, 5.74) is 3.11. The molecule has 25 heavy (non-hydrogen) atoms. The first-order chi connectivity index (χ1) is 12.1. The van der Waals surface area contributed by atoms with Gasteiger partial charge in [0.05, 0.1) is 7.11 Å². The van der Waals surface area contributed by atoms with E-state index in [9.17, 15) is 4.79 Å². The molecule has 128 valence electrons. The van der Waals surface area contributed by atoms with Crippen molar-refractivity contribution in [1.82, 2.24) is 4.98 Å². The van der Waals surface area contributed by atoms with Gasteiger partial charge in [0.2, 0.25) is 0 Å². The first-order valence-electron chi connectivity index (χ1n) is 7.63. The average Bonchev–Trinajstić information content (AvgIpc) is 3.11. The normalized spacial score (nSPS) is 10.5. The predicted molar refractivity (Wildman–Crippen MR) is 96.6 cm³/mol. The van der Waals surface area contributed by atoms with E-state index < -0.39 is 5.97 Å². The van der Waals surface area contributed by atoms with Crippen LogP contribution in [0.1, 0.15) is 21.6 Å². The van der Waals surface area contributed by atoms with E-state index >= 15 is 0 Å². The number of nitrogens with zero attached hydrogens (tertiary/aromatic N) is 1. The van der Waals surface area contributed by atoms with Crippen LogP contribution in [-0.4, -0.2) is 23.2 Å². The van der Waals surface area contributed by atoms with Crippen LogP contribution in [0.15, 0.2) is 47.8 Å². The lowest BCUT2D eigenvalue weighted by Crippen LogP contribution is -1.99. The molecule has 0 bridgehead atoms. The Hall–Kier alpha value is -2.86. The lowest BCUT2D eigenvalue weighted by atomic mass is 10.1. The number of carboxylic acid groups (broad SMARTS) is 1. The summed E-state index contributed by atoms with van der Waals surface area (Å²) in [7, 11) is 1.57. The summed E-state index contributed by atoms with van der Waals surface area (Å²) in [5.74, 6) is 0.176. The van der Waals surface area contributed by atoms with Gasteiger partial charge in [0.15, 0.2) is 17.2 Å². The zero-order chi connectivity index (χ0) is 17.8. The molecule has 0 aliphatic rings. The molecule has 0 aliphatic heterocycles. The van der Waals surface area contributed by atoms with E-state index in [1.165, 1.54) is 22.3 Å². The van der Waals surface area contributed by atoms with Gasteiger partial charge in [-0.1, -0.05) is 24.3 Å². The summed E-state index contributed by atoms with van der Waals surface area (Å²) in [5, 5.41) is 11.1. The smallest absolute Gasteiger partial charge is 0.355 e.